The Morgan fingerprint density at radius 1 is 1.20 bits per heavy atom. The Bertz CT molecular complexity index is 274. The van der Waals surface area contributed by atoms with Crippen molar-refractivity contribution >= 4 is 11.7 Å². The number of hydrogen-bond acceptors (Lipinski definition) is 3. The second kappa shape index (κ2) is 4.31. The highest BCUT2D eigenvalue weighted by molar-refractivity contribution is 5.86. The fraction of sp³-hybridized carbons (Fsp3) is 0.818. The molecule has 0 aromatic carbocycles. The third-order valence-corrected chi connectivity index (χ3v) is 3.33. The molecule has 1 unspecified atom stereocenters. The zero-order chi connectivity index (χ0) is 10.8. The molecule has 1 heterocycles. The second-order valence-electron chi connectivity index (χ2n) is 4.63. The minimum atomic E-state index is -0.279. The maximum atomic E-state index is 11.6. The number of likely N-dealkylation sites (tertiary alicyclic amines) is 1. The molecule has 1 saturated carbocycles. The second-order valence-corrected chi connectivity index (χ2v) is 4.63. The number of primary amides is 1. The number of hydrogen-bond donors (Lipinski definition) is 1. The predicted octanol–water partition coefficient (Wildman–Crippen LogP) is 0.305. The van der Waals surface area contributed by atoms with Crippen LogP contribution in [0.15, 0.2) is 0 Å². The molecule has 1 amide bonds. The molecule has 2 aliphatic rings. The number of nitrogens with two attached hydrogens (primary N) is 1. The van der Waals surface area contributed by atoms with E-state index in [9.17, 15) is 9.59 Å². The van der Waals surface area contributed by atoms with Crippen LogP contribution < -0.4 is 5.73 Å². The third-order valence-electron chi connectivity index (χ3n) is 3.33. The van der Waals surface area contributed by atoms with Gasteiger partial charge in [-0.25, -0.2) is 0 Å². The van der Waals surface area contributed by atoms with Crippen LogP contribution in [0.3, 0.4) is 0 Å². The van der Waals surface area contributed by atoms with Gasteiger partial charge in [-0.2, -0.15) is 0 Å². The first-order valence-corrected chi connectivity index (χ1v) is 5.74. The highest BCUT2D eigenvalue weighted by atomic mass is 16.1. The first-order valence-electron chi connectivity index (χ1n) is 5.74. The van der Waals surface area contributed by atoms with E-state index in [1.54, 1.807) is 0 Å². The summed E-state index contributed by atoms with van der Waals surface area (Å²) in [7, 11) is 0. The SMILES string of the molecule is NC(=O)C1CCCCN1CC(=O)C1CC1. The lowest BCUT2D eigenvalue weighted by Gasteiger charge is -2.32. The lowest BCUT2D eigenvalue weighted by molar-refractivity contribution is -0.127. The van der Waals surface area contributed by atoms with Gasteiger partial charge in [-0.1, -0.05) is 6.42 Å². The molecule has 0 bridgehead atoms. The van der Waals surface area contributed by atoms with Gasteiger partial charge >= 0.3 is 0 Å². The van der Waals surface area contributed by atoms with Crippen molar-refractivity contribution in [2.24, 2.45) is 11.7 Å². The van der Waals surface area contributed by atoms with Gasteiger partial charge in [-0.15, -0.1) is 0 Å². The summed E-state index contributed by atoms with van der Waals surface area (Å²) in [5, 5.41) is 0. The number of carbonyl (C=O) groups is 2. The monoisotopic (exact) mass is 210 g/mol. The van der Waals surface area contributed by atoms with Gasteiger partial charge < -0.3 is 5.73 Å². The van der Waals surface area contributed by atoms with Gasteiger partial charge in [0.1, 0.15) is 5.78 Å². The van der Waals surface area contributed by atoms with Crippen molar-refractivity contribution in [3.8, 4) is 0 Å². The van der Waals surface area contributed by atoms with Gasteiger partial charge in [0.25, 0.3) is 0 Å². The molecular formula is C11H18N2O2. The number of nitrogens with zero attached hydrogens (tertiary/aromatic N) is 1. The van der Waals surface area contributed by atoms with Gasteiger partial charge in [0, 0.05) is 5.92 Å². The van der Waals surface area contributed by atoms with E-state index in [-0.39, 0.29) is 17.9 Å². The van der Waals surface area contributed by atoms with Crippen molar-refractivity contribution in [2.45, 2.75) is 38.1 Å². The summed E-state index contributed by atoms with van der Waals surface area (Å²) in [4.78, 5) is 24.8. The van der Waals surface area contributed by atoms with E-state index in [0.29, 0.717) is 12.3 Å². The first-order chi connectivity index (χ1) is 7.18. The maximum absolute atomic E-state index is 11.6. The van der Waals surface area contributed by atoms with Crippen LogP contribution in [0, 0.1) is 5.92 Å². The summed E-state index contributed by atoms with van der Waals surface area (Å²) < 4.78 is 0. The van der Waals surface area contributed by atoms with Crippen LogP contribution in [0.2, 0.25) is 0 Å². The standard InChI is InChI=1S/C11H18N2O2/c12-11(15)9-3-1-2-6-13(9)7-10(14)8-4-5-8/h8-9H,1-7H2,(H2,12,15). The summed E-state index contributed by atoms with van der Waals surface area (Å²) in [5.74, 6) is 0.293. The van der Waals surface area contributed by atoms with Crippen molar-refractivity contribution in [3.63, 3.8) is 0 Å². The Labute approximate surface area is 89.8 Å². The quantitative estimate of drug-likeness (QED) is 0.726. The minimum absolute atomic E-state index is 0.207. The van der Waals surface area contributed by atoms with Crippen LogP contribution in [-0.4, -0.2) is 35.7 Å². The molecule has 1 aliphatic carbocycles. The Morgan fingerprint density at radius 3 is 2.53 bits per heavy atom. The molecule has 0 aromatic rings. The van der Waals surface area contributed by atoms with E-state index in [2.05, 4.69) is 0 Å². The van der Waals surface area contributed by atoms with E-state index in [1.807, 2.05) is 4.90 Å². The molecule has 84 valence electrons. The highest BCUT2D eigenvalue weighted by Crippen LogP contribution is 2.30. The molecule has 1 atom stereocenters. The average Bonchev–Trinajstić information content (AvgIpc) is 3.01. The van der Waals surface area contributed by atoms with Crippen molar-refractivity contribution in [3.05, 3.63) is 0 Å². The van der Waals surface area contributed by atoms with E-state index >= 15 is 0 Å². The smallest absolute Gasteiger partial charge is 0.234 e. The van der Waals surface area contributed by atoms with Crippen LogP contribution in [0.25, 0.3) is 0 Å². The molecule has 2 rings (SSSR count). The zero-order valence-electron chi connectivity index (χ0n) is 8.95. The normalized spacial score (nSPS) is 27.6. The molecule has 2 fully saturated rings. The molecule has 15 heavy (non-hydrogen) atoms. The van der Waals surface area contributed by atoms with E-state index in [1.165, 1.54) is 0 Å². The summed E-state index contributed by atoms with van der Waals surface area (Å²) in [6, 6.07) is -0.207. The molecular weight excluding hydrogens is 192 g/mol. The molecule has 4 heteroatoms. The van der Waals surface area contributed by atoms with Gasteiger partial charge in [-0.3, -0.25) is 14.5 Å². The molecule has 0 aromatic heterocycles. The van der Waals surface area contributed by atoms with E-state index in [0.717, 1.165) is 38.6 Å². The largest absolute Gasteiger partial charge is 0.368 e. The van der Waals surface area contributed by atoms with Crippen LogP contribution in [0.4, 0.5) is 0 Å². The lowest BCUT2D eigenvalue weighted by Crippen LogP contribution is -2.49. The molecule has 0 radical (unpaired) electrons. The fourth-order valence-electron chi connectivity index (χ4n) is 2.24. The van der Waals surface area contributed by atoms with E-state index < -0.39 is 0 Å². The number of piperidine rings is 1. The highest BCUT2D eigenvalue weighted by Gasteiger charge is 2.34. The Kier molecular flexibility index (Phi) is 3.05. The van der Waals surface area contributed by atoms with Crippen LogP contribution in [0.1, 0.15) is 32.1 Å². The fourth-order valence-corrected chi connectivity index (χ4v) is 2.24. The van der Waals surface area contributed by atoms with Crippen molar-refractivity contribution in [2.75, 3.05) is 13.1 Å². The van der Waals surface area contributed by atoms with Crippen LogP contribution in [0.5, 0.6) is 0 Å². The summed E-state index contributed by atoms with van der Waals surface area (Å²) in [6.07, 6.45) is 5.00. The third kappa shape index (κ3) is 2.56. The minimum Gasteiger partial charge on any atom is -0.368 e. The van der Waals surface area contributed by atoms with Gasteiger partial charge in [0.15, 0.2) is 0 Å². The average molecular weight is 210 g/mol. The Hall–Kier alpha value is -0.900. The topological polar surface area (TPSA) is 63.4 Å². The number of amides is 1. The van der Waals surface area contributed by atoms with Crippen LogP contribution >= 0.6 is 0 Å². The van der Waals surface area contributed by atoms with Crippen molar-refractivity contribution in [1.82, 2.24) is 4.90 Å². The number of carbonyl (C=O) groups excluding carboxylic acids is 2. The van der Waals surface area contributed by atoms with Gasteiger partial charge in [0.05, 0.1) is 12.6 Å². The maximum Gasteiger partial charge on any atom is 0.234 e. The Morgan fingerprint density at radius 2 is 1.93 bits per heavy atom. The summed E-state index contributed by atoms with van der Waals surface area (Å²) in [6.45, 7) is 1.27. The molecule has 4 nitrogen and oxygen atoms in total. The van der Waals surface area contributed by atoms with Crippen LogP contribution in [-0.2, 0) is 9.59 Å². The number of rotatable bonds is 4. The molecule has 2 N–H and O–H groups in total. The summed E-state index contributed by atoms with van der Waals surface area (Å²) >= 11 is 0. The van der Waals surface area contributed by atoms with Gasteiger partial charge in [-0.05, 0) is 32.2 Å². The molecule has 0 spiro atoms. The predicted molar refractivity (Wildman–Crippen MR) is 56.1 cm³/mol. The molecule has 1 aliphatic heterocycles. The van der Waals surface area contributed by atoms with E-state index in [4.69, 9.17) is 5.73 Å². The summed E-state index contributed by atoms with van der Waals surface area (Å²) in [5.41, 5.74) is 5.33. The Balaban J connectivity index is 1.91. The molecule has 1 saturated heterocycles. The van der Waals surface area contributed by atoms with Crippen molar-refractivity contribution < 1.29 is 9.59 Å². The van der Waals surface area contributed by atoms with Crippen molar-refractivity contribution in [1.29, 1.82) is 0 Å². The zero-order valence-corrected chi connectivity index (χ0v) is 8.95. The van der Waals surface area contributed by atoms with Gasteiger partial charge in [0.2, 0.25) is 5.91 Å². The first kappa shape index (κ1) is 10.6. The number of Topliss-reactive ketones (excluding diaryl/α,β-unsaturated/α-hetero) is 1. The lowest BCUT2D eigenvalue weighted by atomic mass is 10.0. The number of ketones is 1.